The van der Waals surface area contributed by atoms with Crippen molar-refractivity contribution in [3.05, 3.63) is 53.6 Å². The number of imidazole rings is 1. The zero-order chi connectivity index (χ0) is 14.1. The highest BCUT2D eigenvalue weighted by atomic mass is 15.2. The van der Waals surface area contributed by atoms with E-state index in [1.165, 1.54) is 5.56 Å². The summed E-state index contributed by atoms with van der Waals surface area (Å²) in [7, 11) is 0. The molecule has 3 aromatic rings. The Morgan fingerprint density at radius 3 is 2.80 bits per heavy atom. The van der Waals surface area contributed by atoms with Gasteiger partial charge in [-0.3, -0.25) is 4.57 Å². The highest BCUT2D eigenvalue weighted by Crippen LogP contribution is 2.25. The zero-order valence-corrected chi connectivity index (χ0v) is 11.2. The highest BCUT2D eigenvalue weighted by molar-refractivity contribution is 5.85. The lowest BCUT2D eigenvalue weighted by atomic mass is 10.1. The molecular formula is C16H14N4. The van der Waals surface area contributed by atoms with Crippen LogP contribution in [0.3, 0.4) is 0 Å². The Hall–Kier alpha value is -2.80. The molecule has 0 aliphatic carbocycles. The molecule has 98 valence electrons. The van der Waals surface area contributed by atoms with Gasteiger partial charge in [-0.15, -0.1) is 0 Å². The highest BCUT2D eigenvalue weighted by Gasteiger charge is 2.12. The third-order valence-corrected chi connectivity index (χ3v) is 3.41. The van der Waals surface area contributed by atoms with E-state index in [4.69, 9.17) is 11.0 Å². The number of hydrogen-bond donors (Lipinski definition) is 1. The summed E-state index contributed by atoms with van der Waals surface area (Å²) in [4.78, 5) is 4.33. The molecule has 2 aromatic carbocycles. The predicted molar refractivity (Wildman–Crippen MR) is 79.6 cm³/mol. The third kappa shape index (κ3) is 1.81. The number of aryl methyl sites for hydroxylation is 1. The van der Waals surface area contributed by atoms with Gasteiger partial charge < -0.3 is 5.73 Å². The van der Waals surface area contributed by atoms with Gasteiger partial charge in [-0.25, -0.2) is 4.98 Å². The molecule has 20 heavy (non-hydrogen) atoms. The summed E-state index contributed by atoms with van der Waals surface area (Å²) in [5.41, 5.74) is 10.3. The molecular weight excluding hydrogens is 248 g/mol. The van der Waals surface area contributed by atoms with Gasteiger partial charge >= 0.3 is 0 Å². The van der Waals surface area contributed by atoms with Crippen molar-refractivity contribution in [3.63, 3.8) is 0 Å². The van der Waals surface area contributed by atoms with Crippen LogP contribution < -0.4 is 5.73 Å². The SMILES string of the molecule is CCc1cccc(-n2c(N)nc3c(C#N)cccc32)c1. The first-order valence-electron chi connectivity index (χ1n) is 6.51. The Labute approximate surface area is 117 Å². The van der Waals surface area contributed by atoms with Crippen molar-refractivity contribution in [2.24, 2.45) is 0 Å². The van der Waals surface area contributed by atoms with Gasteiger partial charge in [0, 0.05) is 5.69 Å². The molecule has 4 nitrogen and oxygen atoms in total. The zero-order valence-electron chi connectivity index (χ0n) is 11.2. The monoisotopic (exact) mass is 262 g/mol. The van der Waals surface area contributed by atoms with Crippen LogP contribution in [0.2, 0.25) is 0 Å². The number of para-hydroxylation sites is 1. The Morgan fingerprint density at radius 1 is 1.25 bits per heavy atom. The number of nitrogen functional groups attached to an aromatic ring is 1. The molecule has 0 atom stereocenters. The van der Waals surface area contributed by atoms with Gasteiger partial charge in [0.2, 0.25) is 5.95 Å². The van der Waals surface area contributed by atoms with Gasteiger partial charge in [0.25, 0.3) is 0 Å². The fourth-order valence-corrected chi connectivity index (χ4v) is 2.39. The van der Waals surface area contributed by atoms with E-state index in [1.807, 2.05) is 28.8 Å². The van der Waals surface area contributed by atoms with Crippen LogP contribution in [0.25, 0.3) is 16.7 Å². The van der Waals surface area contributed by atoms with Crippen molar-refractivity contribution >= 4 is 17.0 Å². The molecule has 0 amide bonds. The Kier molecular flexibility index (Phi) is 2.88. The maximum absolute atomic E-state index is 9.15. The number of rotatable bonds is 2. The summed E-state index contributed by atoms with van der Waals surface area (Å²) in [5.74, 6) is 0.399. The number of fused-ring (bicyclic) bond motifs is 1. The number of nitrogens with zero attached hydrogens (tertiary/aromatic N) is 3. The molecule has 0 aliphatic heterocycles. The number of nitriles is 1. The summed E-state index contributed by atoms with van der Waals surface area (Å²) in [6.45, 7) is 2.11. The Morgan fingerprint density at radius 2 is 2.05 bits per heavy atom. The van der Waals surface area contributed by atoms with Crippen LogP contribution in [0.15, 0.2) is 42.5 Å². The quantitative estimate of drug-likeness (QED) is 0.771. The molecule has 1 heterocycles. The summed E-state index contributed by atoms with van der Waals surface area (Å²) in [5, 5.41) is 9.15. The number of nitrogens with two attached hydrogens (primary N) is 1. The van der Waals surface area contributed by atoms with Gasteiger partial charge in [0.15, 0.2) is 0 Å². The van der Waals surface area contributed by atoms with Crippen molar-refractivity contribution in [2.75, 3.05) is 5.73 Å². The molecule has 1 aromatic heterocycles. The summed E-state index contributed by atoms with van der Waals surface area (Å²) < 4.78 is 1.88. The van der Waals surface area contributed by atoms with Crippen molar-refractivity contribution in [2.45, 2.75) is 13.3 Å². The fraction of sp³-hybridized carbons (Fsp3) is 0.125. The van der Waals surface area contributed by atoms with Crippen LogP contribution in [0.5, 0.6) is 0 Å². The van der Waals surface area contributed by atoms with E-state index in [1.54, 1.807) is 6.07 Å². The third-order valence-electron chi connectivity index (χ3n) is 3.41. The molecule has 4 heteroatoms. The number of hydrogen-bond acceptors (Lipinski definition) is 3. The normalized spacial score (nSPS) is 10.6. The standard InChI is InChI=1S/C16H14N4/c1-2-11-5-3-7-13(9-11)20-14-8-4-6-12(10-17)15(14)19-16(20)18/h3-9H,2H2,1H3,(H2,18,19). The summed E-state index contributed by atoms with van der Waals surface area (Å²) >= 11 is 0. The lowest BCUT2D eigenvalue weighted by Gasteiger charge is -2.08. The first-order valence-corrected chi connectivity index (χ1v) is 6.51. The van der Waals surface area contributed by atoms with Crippen LogP contribution >= 0.6 is 0 Å². The topological polar surface area (TPSA) is 67.6 Å². The van der Waals surface area contributed by atoms with Crippen molar-refractivity contribution < 1.29 is 0 Å². The lowest BCUT2D eigenvalue weighted by Crippen LogP contribution is -2.01. The van der Waals surface area contributed by atoms with Crippen LogP contribution in [0.1, 0.15) is 18.1 Å². The van der Waals surface area contributed by atoms with Gasteiger partial charge in [-0.2, -0.15) is 5.26 Å². The molecule has 0 fully saturated rings. The van der Waals surface area contributed by atoms with Gasteiger partial charge in [-0.1, -0.05) is 25.1 Å². The molecule has 2 N–H and O–H groups in total. The van der Waals surface area contributed by atoms with Crippen LogP contribution in [-0.2, 0) is 6.42 Å². The van der Waals surface area contributed by atoms with Crippen molar-refractivity contribution in [1.29, 1.82) is 5.26 Å². The first kappa shape index (κ1) is 12.2. The molecule has 0 saturated carbocycles. The summed E-state index contributed by atoms with van der Waals surface area (Å²) in [6, 6.07) is 15.9. The number of anilines is 1. The van der Waals surface area contributed by atoms with Gasteiger partial charge in [0.05, 0.1) is 11.1 Å². The second-order valence-electron chi connectivity index (χ2n) is 4.61. The van der Waals surface area contributed by atoms with E-state index < -0.39 is 0 Å². The smallest absolute Gasteiger partial charge is 0.205 e. The molecule has 3 rings (SSSR count). The molecule has 0 aliphatic rings. The summed E-state index contributed by atoms with van der Waals surface area (Å²) in [6.07, 6.45) is 0.962. The largest absolute Gasteiger partial charge is 0.369 e. The van der Waals surface area contributed by atoms with Crippen LogP contribution in [0, 0.1) is 11.3 Å². The lowest BCUT2D eigenvalue weighted by molar-refractivity contribution is 1.08. The van der Waals surface area contributed by atoms with Gasteiger partial charge in [-0.05, 0) is 36.2 Å². The van der Waals surface area contributed by atoms with E-state index >= 15 is 0 Å². The number of benzene rings is 2. The van der Waals surface area contributed by atoms with Crippen LogP contribution in [-0.4, -0.2) is 9.55 Å². The molecule has 0 unspecified atom stereocenters. The number of aromatic nitrogens is 2. The van der Waals surface area contributed by atoms with E-state index in [9.17, 15) is 0 Å². The second kappa shape index (κ2) is 4.71. The first-order chi connectivity index (χ1) is 9.74. The van der Waals surface area contributed by atoms with E-state index in [0.29, 0.717) is 17.0 Å². The average Bonchev–Trinajstić information content (AvgIpc) is 2.83. The Balaban J connectivity index is 2.31. The van der Waals surface area contributed by atoms with Gasteiger partial charge in [0.1, 0.15) is 11.6 Å². The fourth-order valence-electron chi connectivity index (χ4n) is 2.39. The Bertz CT molecular complexity index is 824. The van der Waals surface area contributed by atoms with Crippen LogP contribution in [0.4, 0.5) is 5.95 Å². The van der Waals surface area contributed by atoms with E-state index in [0.717, 1.165) is 17.6 Å². The molecule has 0 spiro atoms. The van der Waals surface area contributed by atoms with E-state index in [-0.39, 0.29) is 0 Å². The minimum atomic E-state index is 0.399. The van der Waals surface area contributed by atoms with Crippen molar-refractivity contribution in [1.82, 2.24) is 9.55 Å². The second-order valence-corrected chi connectivity index (χ2v) is 4.61. The maximum Gasteiger partial charge on any atom is 0.205 e. The molecule has 0 bridgehead atoms. The maximum atomic E-state index is 9.15. The molecule has 0 radical (unpaired) electrons. The molecule has 0 saturated heterocycles. The van der Waals surface area contributed by atoms with E-state index in [2.05, 4.69) is 30.1 Å². The minimum absolute atomic E-state index is 0.399. The average molecular weight is 262 g/mol. The van der Waals surface area contributed by atoms with Crippen molar-refractivity contribution in [3.8, 4) is 11.8 Å². The minimum Gasteiger partial charge on any atom is -0.369 e. The predicted octanol–water partition coefficient (Wildman–Crippen LogP) is 3.04.